The molecule has 0 saturated carbocycles. The molecule has 3 amide bonds. The third-order valence-electron chi connectivity index (χ3n) is 7.92. The van der Waals surface area contributed by atoms with E-state index >= 15 is 0 Å². The van der Waals surface area contributed by atoms with Crippen molar-refractivity contribution in [2.45, 2.75) is 37.8 Å². The maximum atomic E-state index is 13.7. The van der Waals surface area contributed by atoms with Crippen LogP contribution in [0.25, 0.3) is 10.9 Å². The SMILES string of the molecule is COc1cccc2[nH]c(C(=O)N3C[C@@H]4C=CC[C@@H]4[C@H]3C(=O)N[C@@H](CC[C@@H]3CCNC3=O)C(=O)CO)cc12. The van der Waals surface area contributed by atoms with Crippen LogP contribution in [0.3, 0.4) is 0 Å². The van der Waals surface area contributed by atoms with Crippen molar-refractivity contribution in [1.29, 1.82) is 0 Å². The number of aliphatic hydroxyl groups is 1. The number of nitrogens with zero attached hydrogens (tertiary/aromatic N) is 1. The molecule has 2 fully saturated rings. The average Bonchev–Trinajstić information content (AvgIpc) is 3.68. The first-order valence-corrected chi connectivity index (χ1v) is 12.8. The summed E-state index contributed by atoms with van der Waals surface area (Å²) in [6.45, 7) is 0.286. The van der Waals surface area contributed by atoms with Gasteiger partial charge in [-0.3, -0.25) is 19.2 Å². The fourth-order valence-corrected chi connectivity index (χ4v) is 5.95. The highest BCUT2D eigenvalue weighted by atomic mass is 16.5. The molecule has 0 radical (unpaired) electrons. The van der Waals surface area contributed by atoms with Gasteiger partial charge in [0.1, 0.15) is 24.1 Å². The van der Waals surface area contributed by atoms with Gasteiger partial charge in [-0.2, -0.15) is 0 Å². The van der Waals surface area contributed by atoms with E-state index in [1.165, 1.54) is 0 Å². The number of fused-ring (bicyclic) bond motifs is 2. The van der Waals surface area contributed by atoms with Gasteiger partial charge in [-0.15, -0.1) is 0 Å². The number of amides is 3. The predicted octanol–water partition coefficient (Wildman–Crippen LogP) is 1.16. The summed E-state index contributed by atoms with van der Waals surface area (Å²) in [5.74, 6) is -0.881. The number of methoxy groups -OCH3 is 1. The van der Waals surface area contributed by atoms with Gasteiger partial charge in [0.05, 0.1) is 13.2 Å². The van der Waals surface area contributed by atoms with E-state index in [0.717, 1.165) is 10.9 Å². The molecule has 4 N–H and O–H groups in total. The Balaban J connectivity index is 1.36. The number of aromatic nitrogens is 1. The Kier molecular flexibility index (Phi) is 7.01. The Morgan fingerprint density at radius 2 is 2.14 bits per heavy atom. The Hall–Kier alpha value is -3.66. The van der Waals surface area contributed by atoms with Crippen molar-refractivity contribution in [1.82, 2.24) is 20.5 Å². The Labute approximate surface area is 214 Å². The van der Waals surface area contributed by atoms with Gasteiger partial charge in [-0.05, 0) is 49.8 Å². The number of carbonyl (C=O) groups excluding carboxylic acids is 4. The zero-order valence-electron chi connectivity index (χ0n) is 20.7. The summed E-state index contributed by atoms with van der Waals surface area (Å²) in [5.41, 5.74) is 1.11. The van der Waals surface area contributed by atoms with Crippen molar-refractivity contribution >= 4 is 34.4 Å². The smallest absolute Gasteiger partial charge is 0.271 e. The molecule has 10 nitrogen and oxygen atoms in total. The predicted molar refractivity (Wildman–Crippen MR) is 135 cm³/mol. The highest BCUT2D eigenvalue weighted by molar-refractivity contribution is 6.02. The number of carbonyl (C=O) groups is 4. The minimum absolute atomic E-state index is 0.0489. The number of aliphatic hydroxyl groups excluding tert-OH is 1. The van der Waals surface area contributed by atoms with Crippen molar-refractivity contribution in [2.75, 3.05) is 26.8 Å². The zero-order chi connectivity index (χ0) is 26.1. The molecule has 37 heavy (non-hydrogen) atoms. The van der Waals surface area contributed by atoms with E-state index in [1.807, 2.05) is 30.4 Å². The number of hydrogen-bond donors (Lipinski definition) is 4. The van der Waals surface area contributed by atoms with Gasteiger partial charge < -0.3 is 30.4 Å². The largest absolute Gasteiger partial charge is 0.496 e. The number of benzene rings is 1. The van der Waals surface area contributed by atoms with Crippen LogP contribution in [0.5, 0.6) is 5.75 Å². The lowest BCUT2D eigenvalue weighted by molar-refractivity contribution is -0.132. The molecule has 0 unspecified atom stereocenters. The van der Waals surface area contributed by atoms with Crippen LogP contribution in [0.2, 0.25) is 0 Å². The molecule has 1 aliphatic carbocycles. The molecule has 196 valence electrons. The van der Waals surface area contributed by atoms with Crippen LogP contribution in [0.1, 0.15) is 36.2 Å². The number of H-pyrrole nitrogens is 1. The van der Waals surface area contributed by atoms with E-state index in [9.17, 15) is 24.3 Å². The molecule has 1 aromatic carbocycles. The quantitative estimate of drug-likeness (QED) is 0.375. The van der Waals surface area contributed by atoms with Gasteiger partial charge in [0.15, 0.2) is 5.78 Å². The summed E-state index contributed by atoms with van der Waals surface area (Å²) in [4.78, 5) is 56.5. The molecular formula is C27H32N4O6. The molecule has 2 aliphatic heterocycles. The van der Waals surface area contributed by atoms with E-state index in [0.29, 0.717) is 43.8 Å². The third kappa shape index (κ3) is 4.73. The topological polar surface area (TPSA) is 141 Å². The molecule has 5 atom stereocenters. The third-order valence-corrected chi connectivity index (χ3v) is 7.92. The lowest BCUT2D eigenvalue weighted by Gasteiger charge is -2.28. The normalized spacial score (nSPS) is 25.2. The van der Waals surface area contributed by atoms with Crippen molar-refractivity contribution in [2.24, 2.45) is 17.8 Å². The van der Waals surface area contributed by atoms with E-state index in [4.69, 9.17) is 4.74 Å². The summed E-state index contributed by atoms with van der Waals surface area (Å²) in [5, 5.41) is 15.9. The van der Waals surface area contributed by atoms with Crippen molar-refractivity contribution in [3.63, 3.8) is 0 Å². The van der Waals surface area contributed by atoms with E-state index in [1.54, 1.807) is 18.1 Å². The van der Waals surface area contributed by atoms with E-state index in [-0.39, 0.29) is 36.0 Å². The first-order valence-electron chi connectivity index (χ1n) is 12.8. The Morgan fingerprint density at radius 3 is 2.86 bits per heavy atom. The monoisotopic (exact) mass is 508 g/mol. The van der Waals surface area contributed by atoms with Gasteiger partial charge in [0.2, 0.25) is 11.8 Å². The Morgan fingerprint density at radius 1 is 1.30 bits per heavy atom. The highest BCUT2D eigenvalue weighted by Crippen LogP contribution is 2.39. The second kappa shape index (κ2) is 10.4. The molecule has 2 aromatic rings. The molecular weight excluding hydrogens is 476 g/mol. The van der Waals surface area contributed by atoms with Gasteiger partial charge in [0.25, 0.3) is 5.91 Å². The van der Waals surface area contributed by atoms with Crippen LogP contribution in [-0.4, -0.2) is 77.4 Å². The molecule has 10 heteroatoms. The van der Waals surface area contributed by atoms with Gasteiger partial charge in [-0.25, -0.2) is 0 Å². The molecule has 2 saturated heterocycles. The van der Waals surface area contributed by atoms with Crippen LogP contribution in [0, 0.1) is 17.8 Å². The summed E-state index contributed by atoms with van der Waals surface area (Å²) in [7, 11) is 1.57. The standard InChI is InChI=1S/C27H32N4O6/c1-37-23-7-3-6-19-18(23)12-21(29-19)27(36)31-13-16-4-2-5-17(16)24(31)26(35)30-20(22(33)14-32)9-8-15-10-11-28-25(15)34/h2-4,6-7,12,15-17,20,24,29,32H,5,8-11,13-14H2,1H3,(H,28,34)(H,30,35)/t15-,16+,17+,20+,24+/m1/s1. The number of hydrogen-bond acceptors (Lipinski definition) is 6. The van der Waals surface area contributed by atoms with Crippen LogP contribution < -0.4 is 15.4 Å². The molecule has 5 rings (SSSR count). The van der Waals surface area contributed by atoms with Crippen molar-refractivity contribution in [3.05, 3.63) is 42.1 Å². The fraction of sp³-hybridized carbons (Fsp3) is 0.481. The van der Waals surface area contributed by atoms with Crippen LogP contribution in [0.4, 0.5) is 0 Å². The first kappa shape index (κ1) is 25.0. The van der Waals surface area contributed by atoms with Crippen molar-refractivity contribution in [3.8, 4) is 5.75 Å². The second-order valence-electron chi connectivity index (χ2n) is 10.0. The number of ether oxygens (including phenoxy) is 1. The maximum absolute atomic E-state index is 13.7. The number of Topliss-reactive ketones (excluding diaryl/α,β-unsaturated/α-hetero) is 1. The minimum atomic E-state index is -0.923. The molecule has 3 aliphatic rings. The van der Waals surface area contributed by atoms with Crippen LogP contribution in [-0.2, 0) is 14.4 Å². The number of allylic oxidation sites excluding steroid dienone is 1. The van der Waals surface area contributed by atoms with Crippen LogP contribution in [0.15, 0.2) is 36.4 Å². The Bertz CT molecular complexity index is 1250. The summed E-state index contributed by atoms with van der Waals surface area (Å²) in [6, 6.07) is 5.56. The molecule has 0 spiro atoms. The maximum Gasteiger partial charge on any atom is 0.271 e. The number of ketones is 1. The molecule has 3 heterocycles. The summed E-state index contributed by atoms with van der Waals surface area (Å²) >= 11 is 0. The number of nitrogens with one attached hydrogen (secondary N) is 3. The van der Waals surface area contributed by atoms with E-state index in [2.05, 4.69) is 15.6 Å². The van der Waals surface area contributed by atoms with Gasteiger partial charge in [-0.1, -0.05) is 18.2 Å². The summed E-state index contributed by atoms with van der Waals surface area (Å²) in [6.07, 6.45) is 6.09. The number of rotatable bonds is 9. The molecule has 0 bridgehead atoms. The zero-order valence-corrected chi connectivity index (χ0v) is 20.7. The van der Waals surface area contributed by atoms with Gasteiger partial charge >= 0.3 is 0 Å². The van der Waals surface area contributed by atoms with Crippen LogP contribution >= 0.6 is 0 Å². The number of aromatic amines is 1. The second-order valence-corrected chi connectivity index (χ2v) is 10.0. The summed E-state index contributed by atoms with van der Waals surface area (Å²) < 4.78 is 5.41. The minimum Gasteiger partial charge on any atom is -0.496 e. The lowest BCUT2D eigenvalue weighted by Crippen LogP contribution is -2.53. The van der Waals surface area contributed by atoms with Crippen molar-refractivity contribution < 1.29 is 29.0 Å². The lowest BCUT2D eigenvalue weighted by atomic mass is 9.91. The highest BCUT2D eigenvalue weighted by Gasteiger charge is 2.48. The molecule has 1 aromatic heterocycles. The van der Waals surface area contributed by atoms with E-state index < -0.39 is 30.4 Å². The first-order chi connectivity index (χ1) is 17.9. The van der Waals surface area contributed by atoms with Gasteiger partial charge in [0, 0.05) is 35.8 Å². The average molecular weight is 509 g/mol. The number of likely N-dealkylation sites (tertiary alicyclic amines) is 1. The fourth-order valence-electron chi connectivity index (χ4n) is 5.95.